The number of hydrogen-bond donors (Lipinski definition) is 0. The highest BCUT2D eigenvalue weighted by Crippen LogP contribution is 2.24. The number of amides is 1. The van der Waals surface area contributed by atoms with Gasteiger partial charge in [0.1, 0.15) is 5.82 Å². The van der Waals surface area contributed by atoms with E-state index in [1.165, 1.54) is 18.2 Å². The minimum atomic E-state index is -0.429. The van der Waals surface area contributed by atoms with E-state index in [0.717, 1.165) is 5.56 Å². The second-order valence-corrected chi connectivity index (χ2v) is 5.35. The average molecular weight is 337 g/mol. The van der Waals surface area contributed by atoms with E-state index in [-0.39, 0.29) is 11.9 Å². The molecule has 3 nitrogen and oxygen atoms in total. The molecule has 0 saturated heterocycles. The maximum atomic E-state index is 13.3. The summed E-state index contributed by atoms with van der Waals surface area (Å²) in [6.45, 7) is 1.92. The first-order chi connectivity index (χ1) is 9.50. The molecular formula is C15H14BrFN2O. The lowest BCUT2D eigenvalue weighted by atomic mass is 10.1. The van der Waals surface area contributed by atoms with Gasteiger partial charge < -0.3 is 4.90 Å². The molecule has 104 valence electrons. The van der Waals surface area contributed by atoms with Gasteiger partial charge in [0, 0.05) is 23.9 Å². The molecule has 1 aromatic carbocycles. The Morgan fingerprint density at radius 3 is 2.60 bits per heavy atom. The van der Waals surface area contributed by atoms with Crippen molar-refractivity contribution in [2.75, 3.05) is 7.05 Å². The standard InChI is InChI=1S/C15H14BrFN2O/c1-10(11-5-7-18-8-6-11)19(2)15(20)13-9-12(17)3-4-14(13)16/h3-10H,1-2H3. The van der Waals surface area contributed by atoms with Gasteiger partial charge in [0.25, 0.3) is 5.91 Å². The van der Waals surface area contributed by atoms with E-state index in [1.807, 2.05) is 19.1 Å². The fourth-order valence-corrected chi connectivity index (χ4v) is 2.31. The Balaban J connectivity index is 2.27. The molecule has 5 heteroatoms. The molecule has 20 heavy (non-hydrogen) atoms. The molecule has 0 N–H and O–H groups in total. The van der Waals surface area contributed by atoms with Crippen LogP contribution in [0.15, 0.2) is 47.2 Å². The molecule has 1 unspecified atom stereocenters. The maximum Gasteiger partial charge on any atom is 0.255 e. The molecule has 0 fully saturated rings. The van der Waals surface area contributed by atoms with Gasteiger partial charge in [0.05, 0.1) is 11.6 Å². The zero-order valence-corrected chi connectivity index (χ0v) is 12.8. The molecule has 2 rings (SSSR count). The Hall–Kier alpha value is -1.75. The Labute approximate surface area is 125 Å². The van der Waals surface area contributed by atoms with Gasteiger partial charge in [0.2, 0.25) is 0 Å². The van der Waals surface area contributed by atoms with Crippen LogP contribution in [0.4, 0.5) is 4.39 Å². The van der Waals surface area contributed by atoms with Crippen molar-refractivity contribution in [3.05, 3.63) is 64.1 Å². The van der Waals surface area contributed by atoms with Crippen molar-refractivity contribution in [1.29, 1.82) is 0 Å². The fourth-order valence-electron chi connectivity index (χ4n) is 1.89. The third kappa shape index (κ3) is 3.04. The number of pyridine rings is 1. The maximum absolute atomic E-state index is 13.3. The number of benzene rings is 1. The lowest BCUT2D eigenvalue weighted by Gasteiger charge is -2.25. The third-order valence-electron chi connectivity index (χ3n) is 3.25. The quantitative estimate of drug-likeness (QED) is 0.853. The number of carbonyl (C=O) groups is 1. The average Bonchev–Trinajstić information content (AvgIpc) is 2.48. The normalized spacial score (nSPS) is 12.0. The summed E-state index contributed by atoms with van der Waals surface area (Å²) in [7, 11) is 1.70. The Morgan fingerprint density at radius 1 is 1.30 bits per heavy atom. The molecule has 0 aliphatic heterocycles. The van der Waals surface area contributed by atoms with Crippen LogP contribution in [0.1, 0.15) is 28.9 Å². The van der Waals surface area contributed by atoms with Crippen LogP contribution in [0.3, 0.4) is 0 Å². The first-order valence-electron chi connectivity index (χ1n) is 6.13. The molecule has 0 aliphatic rings. The van der Waals surface area contributed by atoms with Gasteiger partial charge in [-0.1, -0.05) is 0 Å². The predicted molar refractivity (Wildman–Crippen MR) is 78.8 cm³/mol. The Morgan fingerprint density at radius 2 is 1.95 bits per heavy atom. The zero-order chi connectivity index (χ0) is 14.7. The van der Waals surface area contributed by atoms with E-state index in [9.17, 15) is 9.18 Å². The molecule has 2 aromatic rings. The number of carbonyl (C=O) groups excluding carboxylic acids is 1. The number of hydrogen-bond acceptors (Lipinski definition) is 2. The summed E-state index contributed by atoms with van der Waals surface area (Å²) in [5.74, 6) is -0.665. The van der Waals surface area contributed by atoms with Crippen molar-refractivity contribution in [2.24, 2.45) is 0 Å². The van der Waals surface area contributed by atoms with Crippen LogP contribution in [0.25, 0.3) is 0 Å². The predicted octanol–water partition coefficient (Wildman–Crippen LogP) is 3.82. The fraction of sp³-hybridized carbons (Fsp3) is 0.200. The molecule has 0 spiro atoms. The van der Waals surface area contributed by atoms with E-state index < -0.39 is 5.82 Å². The molecule has 0 aliphatic carbocycles. The summed E-state index contributed by atoms with van der Waals surface area (Å²) in [4.78, 5) is 18.0. The van der Waals surface area contributed by atoms with Crippen LogP contribution in [-0.4, -0.2) is 22.8 Å². The molecule has 0 radical (unpaired) electrons. The highest BCUT2D eigenvalue weighted by Gasteiger charge is 2.21. The number of rotatable bonds is 3. The first kappa shape index (κ1) is 14.7. The largest absolute Gasteiger partial charge is 0.335 e. The van der Waals surface area contributed by atoms with E-state index in [1.54, 1.807) is 24.3 Å². The SMILES string of the molecule is CC(c1ccncc1)N(C)C(=O)c1cc(F)ccc1Br. The molecule has 1 aromatic heterocycles. The molecule has 1 atom stereocenters. The van der Waals surface area contributed by atoms with Gasteiger partial charge >= 0.3 is 0 Å². The number of aromatic nitrogens is 1. The van der Waals surface area contributed by atoms with Crippen molar-refractivity contribution in [2.45, 2.75) is 13.0 Å². The minimum Gasteiger partial charge on any atom is -0.335 e. The number of halogens is 2. The summed E-state index contributed by atoms with van der Waals surface area (Å²) >= 11 is 3.28. The second-order valence-electron chi connectivity index (χ2n) is 4.50. The van der Waals surface area contributed by atoms with Gasteiger partial charge in [-0.2, -0.15) is 0 Å². The Bertz CT molecular complexity index is 619. The van der Waals surface area contributed by atoms with Gasteiger partial charge in [-0.05, 0) is 58.7 Å². The summed E-state index contributed by atoms with van der Waals surface area (Å²) in [5.41, 5.74) is 1.29. The second kappa shape index (κ2) is 6.13. The van der Waals surface area contributed by atoms with Crippen LogP contribution in [-0.2, 0) is 0 Å². The van der Waals surface area contributed by atoms with Gasteiger partial charge in [-0.25, -0.2) is 4.39 Å². The Kier molecular flexibility index (Phi) is 4.49. The molecule has 1 amide bonds. The lowest BCUT2D eigenvalue weighted by Crippen LogP contribution is -2.30. The van der Waals surface area contributed by atoms with Crippen LogP contribution >= 0.6 is 15.9 Å². The van der Waals surface area contributed by atoms with Crippen LogP contribution in [0.2, 0.25) is 0 Å². The topological polar surface area (TPSA) is 33.2 Å². The molecular weight excluding hydrogens is 323 g/mol. The molecule has 1 heterocycles. The van der Waals surface area contributed by atoms with Crippen molar-refractivity contribution < 1.29 is 9.18 Å². The van der Waals surface area contributed by atoms with Gasteiger partial charge in [0.15, 0.2) is 0 Å². The zero-order valence-electron chi connectivity index (χ0n) is 11.2. The highest BCUT2D eigenvalue weighted by molar-refractivity contribution is 9.10. The summed E-state index contributed by atoms with van der Waals surface area (Å²) in [6.07, 6.45) is 3.37. The minimum absolute atomic E-state index is 0.124. The van der Waals surface area contributed by atoms with Crippen LogP contribution in [0, 0.1) is 5.82 Å². The molecule has 0 saturated carbocycles. The van der Waals surface area contributed by atoms with Crippen molar-refractivity contribution in [3.63, 3.8) is 0 Å². The highest BCUT2D eigenvalue weighted by atomic mass is 79.9. The summed E-state index contributed by atoms with van der Waals surface area (Å²) < 4.78 is 13.9. The summed E-state index contributed by atoms with van der Waals surface area (Å²) in [5, 5.41) is 0. The lowest BCUT2D eigenvalue weighted by molar-refractivity contribution is 0.0741. The van der Waals surface area contributed by atoms with Crippen molar-refractivity contribution in [1.82, 2.24) is 9.88 Å². The van der Waals surface area contributed by atoms with Crippen molar-refractivity contribution >= 4 is 21.8 Å². The summed E-state index contributed by atoms with van der Waals surface area (Å²) in [6, 6.07) is 7.67. The van der Waals surface area contributed by atoms with E-state index >= 15 is 0 Å². The van der Waals surface area contributed by atoms with Crippen LogP contribution < -0.4 is 0 Å². The van der Waals surface area contributed by atoms with E-state index in [4.69, 9.17) is 0 Å². The smallest absolute Gasteiger partial charge is 0.255 e. The monoisotopic (exact) mass is 336 g/mol. The van der Waals surface area contributed by atoms with Gasteiger partial charge in [-0.15, -0.1) is 0 Å². The third-order valence-corrected chi connectivity index (χ3v) is 3.94. The van der Waals surface area contributed by atoms with Crippen LogP contribution in [0.5, 0.6) is 0 Å². The van der Waals surface area contributed by atoms with E-state index in [2.05, 4.69) is 20.9 Å². The van der Waals surface area contributed by atoms with E-state index in [0.29, 0.717) is 10.0 Å². The van der Waals surface area contributed by atoms with Crippen molar-refractivity contribution in [3.8, 4) is 0 Å². The van der Waals surface area contributed by atoms with Gasteiger partial charge in [-0.3, -0.25) is 9.78 Å². The molecule has 0 bridgehead atoms. The number of nitrogens with zero attached hydrogens (tertiary/aromatic N) is 2. The first-order valence-corrected chi connectivity index (χ1v) is 6.92.